The Hall–Kier alpha value is -0.350. The van der Waals surface area contributed by atoms with E-state index in [1.807, 2.05) is 11.3 Å². The lowest BCUT2D eigenvalue weighted by atomic mass is 10.2. The van der Waals surface area contributed by atoms with Crippen molar-refractivity contribution in [2.45, 2.75) is 13.8 Å². The zero-order valence-corrected chi connectivity index (χ0v) is 11.2. The average molecular weight is 315 g/mol. The number of hydrogen-bond donors (Lipinski definition) is 0. The maximum Gasteiger partial charge on any atom is 0.370 e. The molecule has 1 heterocycles. The molecule has 0 aliphatic rings. The SMILES string of the molecule is Cc1ccc([I+]c2cccs2)c(C)c1. The van der Waals surface area contributed by atoms with Crippen molar-refractivity contribution in [3.8, 4) is 0 Å². The monoisotopic (exact) mass is 315 g/mol. The van der Waals surface area contributed by atoms with Gasteiger partial charge in [0.2, 0.25) is 2.88 Å². The molecular weight excluding hydrogens is 303 g/mol. The van der Waals surface area contributed by atoms with Crippen LogP contribution < -0.4 is 21.2 Å². The highest BCUT2D eigenvalue weighted by atomic mass is 127. The van der Waals surface area contributed by atoms with Gasteiger partial charge in [-0.2, -0.15) is 0 Å². The molecule has 2 heteroatoms. The Morgan fingerprint density at radius 3 is 2.64 bits per heavy atom. The minimum Gasteiger partial charge on any atom is -0.0963 e. The number of hydrogen-bond acceptors (Lipinski definition) is 1. The zero-order chi connectivity index (χ0) is 9.97. The van der Waals surface area contributed by atoms with Gasteiger partial charge in [-0.1, -0.05) is 29.0 Å². The molecule has 0 saturated heterocycles. The fourth-order valence-corrected chi connectivity index (χ4v) is 5.08. The van der Waals surface area contributed by atoms with Gasteiger partial charge in [0.15, 0.2) is 3.57 Å². The van der Waals surface area contributed by atoms with E-state index in [-0.39, 0.29) is 21.2 Å². The van der Waals surface area contributed by atoms with Crippen LogP contribution in [0.25, 0.3) is 0 Å². The Balaban J connectivity index is 2.25. The van der Waals surface area contributed by atoms with Gasteiger partial charge in [-0.15, -0.1) is 0 Å². The van der Waals surface area contributed by atoms with Crippen molar-refractivity contribution in [3.63, 3.8) is 0 Å². The highest BCUT2D eigenvalue weighted by molar-refractivity contribution is 7.07. The first kappa shape index (κ1) is 10.2. The molecule has 1 aromatic carbocycles. The largest absolute Gasteiger partial charge is 0.370 e. The molecule has 0 spiro atoms. The van der Waals surface area contributed by atoms with Gasteiger partial charge in [0.25, 0.3) is 0 Å². The molecule has 0 amide bonds. The predicted molar refractivity (Wildman–Crippen MR) is 57.6 cm³/mol. The third kappa shape index (κ3) is 2.36. The maximum absolute atomic E-state index is 2.29. The summed E-state index contributed by atoms with van der Waals surface area (Å²) in [6.45, 7) is 4.37. The predicted octanol–water partition coefficient (Wildman–Crippen LogP) is 0.493. The molecule has 72 valence electrons. The standard InChI is InChI=1S/C12H12IS/c1-9-5-6-11(10(2)8-9)13-12-4-3-7-14-12/h3-8H,1-2H3/q+1. The molecule has 0 radical (unpaired) electrons. The molecule has 2 rings (SSSR count). The third-order valence-corrected chi connectivity index (χ3v) is 6.61. The van der Waals surface area contributed by atoms with Crippen LogP contribution in [0.5, 0.6) is 0 Å². The van der Waals surface area contributed by atoms with Crippen LogP contribution in [-0.4, -0.2) is 0 Å². The highest BCUT2D eigenvalue weighted by Gasteiger charge is 2.18. The van der Waals surface area contributed by atoms with E-state index in [0.29, 0.717) is 0 Å². The molecular formula is C12H12IS+. The van der Waals surface area contributed by atoms with Crippen molar-refractivity contribution >= 4 is 11.3 Å². The Morgan fingerprint density at radius 1 is 1.14 bits per heavy atom. The van der Waals surface area contributed by atoms with Gasteiger partial charge in [-0.3, -0.25) is 0 Å². The van der Waals surface area contributed by atoms with Gasteiger partial charge in [-0.05, 0) is 31.4 Å². The quantitative estimate of drug-likeness (QED) is 0.708. The van der Waals surface area contributed by atoms with Crippen molar-refractivity contribution in [2.75, 3.05) is 0 Å². The van der Waals surface area contributed by atoms with Gasteiger partial charge < -0.3 is 0 Å². The van der Waals surface area contributed by atoms with Gasteiger partial charge >= 0.3 is 21.2 Å². The molecule has 0 unspecified atom stereocenters. The van der Waals surface area contributed by atoms with Gasteiger partial charge in [0.1, 0.15) is 0 Å². The van der Waals surface area contributed by atoms with E-state index in [4.69, 9.17) is 0 Å². The highest BCUT2D eigenvalue weighted by Crippen LogP contribution is 2.02. The van der Waals surface area contributed by atoms with Crippen molar-refractivity contribution < 1.29 is 21.2 Å². The summed E-state index contributed by atoms with van der Waals surface area (Å²) < 4.78 is 3.10. The summed E-state index contributed by atoms with van der Waals surface area (Å²) in [5.41, 5.74) is 2.81. The molecule has 0 aliphatic carbocycles. The smallest absolute Gasteiger partial charge is 0.0963 e. The lowest BCUT2D eigenvalue weighted by molar-refractivity contribution is -0.591. The van der Waals surface area contributed by atoms with Gasteiger partial charge in [0.05, 0.1) is 0 Å². The van der Waals surface area contributed by atoms with Crippen LogP contribution in [-0.2, 0) is 0 Å². The van der Waals surface area contributed by atoms with Gasteiger partial charge in [0, 0.05) is 11.6 Å². The second-order valence-corrected chi connectivity index (χ2v) is 7.81. The Kier molecular flexibility index (Phi) is 3.23. The lowest BCUT2D eigenvalue weighted by Crippen LogP contribution is -3.61. The van der Waals surface area contributed by atoms with E-state index < -0.39 is 0 Å². The average Bonchev–Trinajstić information content (AvgIpc) is 2.62. The lowest BCUT2D eigenvalue weighted by Gasteiger charge is -1.94. The second-order valence-electron chi connectivity index (χ2n) is 3.26. The molecule has 0 nitrogen and oxygen atoms in total. The summed E-state index contributed by atoms with van der Waals surface area (Å²) in [4.78, 5) is 0. The van der Waals surface area contributed by atoms with Gasteiger partial charge in [-0.25, -0.2) is 0 Å². The fraction of sp³-hybridized carbons (Fsp3) is 0.167. The van der Waals surface area contributed by atoms with Crippen molar-refractivity contribution in [2.24, 2.45) is 0 Å². The second kappa shape index (κ2) is 4.45. The molecule has 0 saturated carbocycles. The summed E-state index contributed by atoms with van der Waals surface area (Å²) in [5.74, 6) is 0. The minimum absolute atomic E-state index is 0.0503. The molecule has 0 bridgehead atoms. The first-order valence-corrected chi connectivity index (χ1v) is 7.55. The van der Waals surface area contributed by atoms with E-state index in [0.717, 1.165) is 0 Å². The maximum atomic E-state index is 2.29. The van der Waals surface area contributed by atoms with E-state index in [2.05, 4.69) is 49.6 Å². The molecule has 1 aromatic heterocycles. The van der Waals surface area contributed by atoms with Crippen molar-refractivity contribution in [1.82, 2.24) is 0 Å². The normalized spacial score (nSPS) is 10.4. The molecule has 14 heavy (non-hydrogen) atoms. The van der Waals surface area contributed by atoms with E-state index in [9.17, 15) is 0 Å². The van der Waals surface area contributed by atoms with Crippen molar-refractivity contribution in [1.29, 1.82) is 0 Å². The fourth-order valence-electron chi connectivity index (χ4n) is 1.31. The van der Waals surface area contributed by atoms with Crippen LogP contribution in [0.2, 0.25) is 0 Å². The molecule has 0 fully saturated rings. The number of rotatable bonds is 2. The van der Waals surface area contributed by atoms with Crippen LogP contribution in [0.4, 0.5) is 0 Å². The molecule has 0 aliphatic heterocycles. The third-order valence-electron chi connectivity index (χ3n) is 1.99. The van der Waals surface area contributed by atoms with Crippen LogP contribution in [0, 0.1) is 20.3 Å². The number of benzene rings is 1. The molecule has 0 N–H and O–H groups in total. The summed E-state index contributed by atoms with van der Waals surface area (Å²) in [7, 11) is 0. The summed E-state index contributed by atoms with van der Waals surface area (Å²) in [6, 6.07) is 11.2. The number of aryl methyl sites for hydroxylation is 2. The zero-order valence-electron chi connectivity index (χ0n) is 8.25. The Bertz CT molecular complexity index is 418. The minimum atomic E-state index is 0.0503. The van der Waals surface area contributed by atoms with Crippen LogP contribution in [0.15, 0.2) is 35.7 Å². The summed E-state index contributed by atoms with van der Waals surface area (Å²) in [6.07, 6.45) is 0. The van der Waals surface area contributed by atoms with Crippen LogP contribution >= 0.6 is 11.3 Å². The van der Waals surface area contributed by atoms with E-state index >= 15 is 0 Å². The van der Waals surface area contributed by atoms with Crippen LogP contribution in [0.1, 0.15) is 11.1 Å². The first-order valence-electron chi connectivity index (χ1n) is 4.51. The Labute approximate surface area is 99.2 Å². The first-order chi connectivity index (χ1) is 6.75. The summed E-state index contributed by atoms with van der Waals surface area (Å²) >= 11 is 1.93. The van der Waals surface area contributed by atoms with Crippen LogP contribution in [0.3, 0.4) is 0 Å². The van der Waals surface area contributed by atoms with Crippen molar-refractivity contribution in [3.05, 3.63) is 53.3 Å². The topological polar surface area (TPSA) is 0 Å². The summed E-state index contributed by atoms with van der Waals surface area (Å²) in [5, 5.41) is 2.17. The number of halogens is 1. The van der Waals surface area contributed by atoms with E-state index in [1.54, 1.807) is 6.45 Å². The van der Waals surface area contributed by atoms with E-state index in [1.165, 1.54) is 11.1 Å². The molecule has 0 atom stereocenters. The molecule has 2 aromatic rings. The number of thiophene rings is 1. The Morgan fingerprint density at radius 2 is 2.00 bits per heavy atom.